The molecule has 194 valence electrons. The Labute approximate surface area is 209 Å². The van der Waals surface area contributed by atoms with Gasteiger partial charge in [0.2, 0.25) is 11.8 Å². The van der Waals surface area contributed by atoms with Gasteiger partial charge in [0.25, 0.3) is 0 Å². The molecule has 35 heavy (non-hydrogen) atoms. The van der Waals surface area contributed by atoms with Crippen LogP contribution < -0.4 is 9.47 Å². The van der Waals surface area contributed by atoms with E-state index in [1.54, 1.807) is 31.1 Å². The molecular formula is C27H40N2O6. The number of nitrogens with zero attached hydrogens (tertiary/aromatic N) is 2. The van der Waals surface area contributed by atoms with Crippen molar-refractivity contribution in [2.75, 3.05) is 47.6 Å². The van der Waals surface area contributed by atoms with Crippen molar-refractivity contribution < 1.29 is 28.2 Å². The van der Waals surface area contributed by atoms with Gasteiger partial charge in [-0.1, -0.05) is 26.8 Å². The van der Waals surface area contributed by atoms with Crippen LogP contribution in [-0.2, 0) is 27.3 Å². The molecule has 0 saturated heterocycles. The molecule has 0 atom stereocenters. The molecule has 0 spiro atoms. The van der Waals surface area contributed by atoms with Crippen molar-refractivity contribution in [2.45, 2.75) is 47.1 Å². The molecule has 0 radical (unpaired) electrons. The number of carbonyl (C=O) groups is 2. The van der Waals surface area contributed by atoms with E-state index in [-0.39, 0.29) is 23.8 Å². The number of hydrogen-bond donors (Lipinski definition) is 0. The van der Waals surface area contributed by atoms with E-state index in [1.807, 2.05) is 58.0 Å². The van der Waals surface area contributed by atoms with Crippen LogP contribution in [-0.4, -0.2) is 69.2 Å². The monoisotopic (exact) mass is 488 g/mol. The molecule has 1 aromatic heterocycles. The van der Waals surface area contributed by atoms with Crippen LogP contribution in [0.5, 0.6) is 11.5 Å². The van der Waals surface area contributed by atoms with Crippen LogP contribution in [0.4, 0.5) is 0 Å². The van der Waals surface area contributed by atoms with Crippen LogP contribution in [0.25, 0.3) is 0 Å². The lowest BCUT2D eigenvalue weighted by Gasteiger charge is -2.29. The average Bonchev–Trinajstić information content (AvgIpc) is 3.22. The molecule has 0 bridgehead atoms. The van der Waals surface area contributed by atoms with Gasteiger partial charge in [0.05, 0.1) is 33.9 Å². The Hall–Kier alpha value is -3.00. The maximum atomic E-state index is 13.4. The highest BCUT2D eigenvalue weighted by molar-refractivity contribution is 5.85. The van der Waals surface area contributed by atoms with Crippen molar-refractivity contribution in [3.63, 3.8) is 0 Å². The minimum absolute atomic E-state index is 0.0100. The number of benzene rings is 1. The Morgan fingerprint density at radius 2 is 1.63 bits per heavy atom. The summed E-state index contributed by atoms with van der Waals surface area (Å²) in [6.07, 6.45) is 0.965. The minimum atomic E-state index is -0.176. The van der Waals surface area contributed by atoms with Crippen molar-refractivity contribution in [1.82, 2.24) is 9.80 Å². The molecular weight excluding hydrogens is 448 g/mol. The van der Waals surface area contributed by atoms with Gasteiger partial charge in [-0.25, -0.2) is 0 Å². The molecule has 2 rings (SSSR count). The second-order valence-electron chi connectivity index (χ2n) is 9.81. The highest BCUT2D eigenvalue weighted by atomic mass is 16.5. The summed E-state index contributed by atoms with van der Waals surface area (Å²) in [5, 5.41) is 0. The first kappa shape index (κ1) is 28.2. The number of furan rings is 1. The number of amides is 2. The van der Waals surface area contributed by atoms with Crippen LogP contribution in [0.1, 0.15) is 44.3 Å². The molecule has 2 aromatic rings. The molecule has 0 saturated carbocycles. The lowest BCUT2D eigenvalue weighted by molar-refractivity contribution is -0.142. The van der Waals surface area contributed by atoms with E-state index in [0.29, 0.717) is 56.3 Å². The second-order valence-corrected chi connectivity index (χ2v) is 9.81. The van der Waals surface area contributed by atoms with Crippen LogP contribution in [0.3, 0.4) is 0 Å². The van der Waals surface area contributed by atoms with Gasteiger partial charge in [-0.3, -0.25) is 9.59 Å². The van der Waals surface area contributed by atoms with Crippen molar-refractivity contribution >= 4 is 11.8 Å². The highest BCUT2D eigenvalue weighted by Crippen LogP contribution is 2.28. The van der Waals surface area contributed by atoms with E-state index >= 15 is 0 Å². The van der Waals surface area contributed by atoms with Crippen molar-refractivity contribution in [2.24, 2.45) is 5.41 Å². The zero-order valence-electron chi connectivity index (χ0n) is 22.2. The maximum Gasteiger partial charge on any atom is 0.242 e. The Morgan fingerprint density at radius 1 is 0.914 bits per heavy atom. The highest BCUT2D eigenvalue weighted by Gasteiger charge is 2.25. The van der Waals surface area contributed by atoms with E-state index in [4.69, 9.17) is 18.6 Å². The van der Waals surface area contributed by atoms with Crippen LogP contribution in [0.2, 0.25) is 0 Å². The summed E-state index contributed by atoms with van der Waals surface area (Å²) in [4.78, 5) is 29.7. The Morgan fingerprint density at radius 3 is 2.20 bits per heavy atom. The summed E-state index contributed by atoms with van der Waals surface area (Å²) >= 11 is 0. The van der Waals surface area contributed by atoms with Gasteiger partial charge < -0.3 is 28.4 Å². The lowest BCUT2D eigenvalue weighted by atomic mass is 9.91. The number of ether oxygens (including phenoxy) is 3. The topological polar surface area (TPSA) is 81.5 Å². The quantitative estimate of drug-likeness (QED) is 0.423. The molecule has 0 unspecified atom stereocenters. The van der Waals surface area contributed by atoms with Crippen LogP contribution >= 0.6 is 0 Å². The zero-order chi connectivity index (χ0) is 26.0. The molecule has 0 aliphatic carbocycles. The number of aryl methyl sites for hydroxylation is 1. The fourth-order valence-electron chi connectivity index (χ4n) is 3.67. The van der Waals surface area contributed by atoms with Gasteiger partial charge in [0.15, 0.2) is 11.5 Å². The van der Waals surface area contributed by atoms with Gasteiger partial charge in [0.1, 0.15) is 11.5 Å². The van der Waals surface area contributed by atoms with Crippen molar-refractivity contribution in [1.29, 1.82) is 0 Å². The Bertz CT molecular complexity index is 963. The largest absolute Gasteiger partial charge is 0.493 e. The van der Waals surface area contributed by atoms with E-state index in [2.05, 4.69) is 0 Å². The normalized spacial score (nSPS) is 11.3. The molecule has 0 aliphatic heterocycles. The zero-order valence-corrected chi connectivity index (χ0v) is 22.2. The fourth-order valence-corrected chi connectivity index (χ4v) is 3.67. The molecule has 1 aromatic carbocycles. The molecule has 0 fully saturated rings. The molecule has 8 heteroatoms. The van der Waals surface area contributed by atoms with Gasteiger partial charge in [0, 0.05) is 26.6 Å². The van der Waals surface area contributed by atoms with E-state index in [0.717, 1.165) is 11.3 Å². The third-order valence-electron chi connectivity index (χ3n) is 5.54. The van der Waals surface area contributed by atoms with Gasteiger partial charge in [-0.2, -0.15) is 0 Å². The number of rotatable bonds is 13. The number of hydrogen-bond acceptors (Lipinski definition) is 6. The number of carbonyl (C=O) groups excluding carboxylic acids is 2. The van der Waals surface area contributed by atoms with E-state index in [9.17, 15) is 9.59 Å². The Kier molecular flexibility index (Phi) is 10.6. The summed E-state index contributed by atoms with van der Waals surface area (Å²) < 4.78 is 21.6. The SMILES string of the molecule is COCCN(CC(=O)N(CCc1ccc(OC)c(OC)c1)Cc1ccc(C)o1)C(=O)CC(C)(C)C. The summed E-state index contributed by atoms with van der Waals surface area (Å²) in [5.41, 5.74) is 0.834. The third kappa shape index (κ3) is 9.28. The smallest absolute Gasteiger partial charge is 0.242 e. The first-order valence-corrected chi connectivity index (χ1v) is 11.9. The molecule has 1 heterocycles. The van der Waals surface area contributed by atoms with Crippen LogP contribution in [0.15, 0.2) is 34.7 Å². The van der Waals surface area contributed by atoms with E-state index in [1.165, 1.54) is 0 Å². The average molecular weight is 489 g/mol. The van der Waals surface area contributed by atoms with Gasteiger partial charge in [-0.05, 0) is 48.6 Å². The van der Waals surface area contributed by atoms with Crippen LogP contribution in [0, 0.1) is 12.3 Å². The predicted octanol–water partition coefficient (Wildman–Crippen LogP) is 4.09. The summed E-state index contributed by atoms with van der Waals surface area (Å²) in [7, 11) is 4.78. The van der Waals surface area contributed by atoms with Gasteiger partial charge >= 0.3 is 0 Å². The summed E-state index contributed by atoms with van der Waals surface area (Å²) in [5.74, 6) is 2.58. The first-order chi connectivity index (χ1) is 16.6. The summed E-state index contributed by atoms with van der Waals surface area (Å²) in [6.45, 7) is 9.40. The van der Waals surface area contributed by atoms with Crippen molar-refractivity contribution in [3.8, 4) is 11.5 Å². The third-order valence-corrected chi connectivity index (χ3v) is 5.54. The lowest BCUT2D eigenvalue weighted by Crippen LogP contribution is -2.45. The van der Waals surface area contributed by atoms with Gasteiger partial charge in [-0.15, -0.1) is 0 Å². The second kappa shape index (κ2) is 13.2. The minimum Gasteiger partial charge on any atom is -0.493 e. The first-order valence-electron chi connectivity index (χ1n) is 11.9. The Balaban J connectivity index is 2.19. The maximum absolute atomic E-state index is 13.4. The standard InChI is InChI=1S/C27H40N2O6/c1-20-8-10-22(35-20)18-28(13-12-21-9-11-23(33-6)24(16-21)34-7)26(31)19-29(14-15-32-5)25(30)17-27(2,3)4/h8-11,16H,12-15,17-19H2,1-7H3. The molecule has 0 aliphatic rings. The summed E-state index contributed by atoms with van der Waals surface area (Å²) in [6, 6.07) is 9.48. The van der Waals surface area contributed by atoms with Crippen molar-refractivity contribution in [3.05, 3.63) is 47.4 Å². The molecule has 2 amide bonds. The predicted molar refractivity (Wildman–Crippen MR) is 135 cm³/mol. The molecule has 0 N–H and O–H groups in total. The van der Waals surface area contributed by atoms with E-state index < -0.39 is 0 Å². The number of methoxy groups -OCH3 is 3. The fraction of sp³-hybridized carbons (Fsp3) is 0.556. The molecule has 8 nitrogen and oxygen atoms in total.